The molecular formula is C16H23NO5S. The zero-order valence-electron chi connectivity index (χ0n) is 13.4. The number of hydrogen-bond acceptors (Lipinski definition) is 5. The summed E-state index contributed by atoms with van der Waals surface area (Å²) in [6.07, 6.45) is 1.42. The first-order valence-electron chi connectivity index (χ1n) is 7.64. The zero-order chi connectivity index (χ0) is 17.0. The van der Waals surface area contributed by atoms with Crippen molar-refractivity contribution in [2.75, 3.05) is 26.0 Å². The van der Waals surface area contributed by atoms with E-state index in [2.05, 4.69) is 0 Å². The highest BCUT2D eigenvalue weighted by Crippen LogP contribution is 2.33. The molecule has 3 atom stereocenters. The lowest BCUT2D eigenvalue weighted by Gasteiger charge is -2.25. The van der Waals surface area contributed by atoms with Crippen LogP contribution in [0, 0.1) is 11.8 Å². The maximum Gasteiger partial charge on any atom is 0.264 e. The molecule has 1 heterocycles. The molecule has 1 amide bonds. The van der Waals surface area contributed by atoms with E-state index in [-0.39, 0.29) is 31.1 Å². The summed E-state index contributed by atoms with van der Waals surface area (Å²) in [5.74, 6) is -0.696. The summed E-state index contributed by atoms with van der Waals surface area (Å²) in [5, 5.41) is 9.53. The van der Waals surface area contributed by atoms with Gasteiger partial charge in [0.05, 0.1) is 31.4 Å². The molecule has 0 saturated carbocycles. The number of benzene rings is 1. The summed E-state index contributed by atoms with van der Waals surface area (Å²) in [7, 11) is -3.49. The predicted molar refractivity (Wildman–Crippen MR) is 86.0 cm³/mol. The second-order valence-electron chi connectivity index (χ2n) is 5.94. The van der Waals surface area contributed by atoms with E-state index in [1.165, 1.54) is 0 Å². The molecule has 0 bridgehead atoms. The van der Waals surface area contributed by atoms with Crippen LogP contribution >= 0.6 is 0 Å². The number of aliphatic hydroxyl groups is 1. The largest absolute Gasteiger partial charge is 0.396 e. The second-order valence-corrected chi connectivity index (χ2v) is 7.59. The van der Waals surface area contributed by atoms with E-state index >= 15 is 0 Å². The highest BCUT2D eigenvalue weighted by atomic mass is 32.2. The number of carbonyl (C=O) groups is 1. The molecule has 1 aliphatic heterocycles. The molecular weight excluding hydrogens is 318 g/mol. The fraction of sp³-hybridized carbons (Fsp3) is 0.562. The van der Waals surface area contributed by atoms with E-state index in [4.69, 9.17) is 4.18 Å². The van der Waals surface area contributed by atoms with Crippen LogP contribution in [0.15, 0.2) is 30.3 Å². The quantitative estimate of drug-likeness (QED) is 0.753. The molecule has 1 aliphatic rings. The van der Waals surface area contributed by atoms with Crippen molar-refractivity contribution >= 4 is 16.0 Å². The van der Waals surface area contributed by atoms with Crippen LogP contribution in [-0.2, 0) is 19.1 Å². The lowest BCUT2D eigenvalue weighted by Crippen LogP contribution is -2.31. The SMILES string of the molecule is CC(c1ccccc1)N1CC(CCOS(C)(=O)=O)[C@H](CO)C1=O. The Morgan fingerprint density at radius 3 is 2.57 bits per heavy atom. The summed E-state index contributed by atoms with van der Waals surface area (Å²) >= 11 is 0. The van der Waals surface area contributed by atoms with Crippen molar-refractivity contribution in [1.82, 2.24) is 4.90 Å². The van der Waals surface area contributed by atoms with Crippen LogP contribution in [0.1, 0.15) is 24.9 Å². The van der Waals surface area contributed by atoms with Crippen LogP contribution in [0.25, 0.3) is 0 Å². The minimum Gasteiger partial charge on any atom is -0.396 e. The monoisotopic (exact) mass is 341 g/mol. The van der Waals surface area contributed by atoms with E-state index in [0.29, 0.717) is 13.0 Å². The van der Waals surface area contributed by atoms with Gasteiger partial charge in [-0.15, -0.1) is 0 Å². The number of likely N-dealkylation sites (tertiary alicyclic amines) is 1. The van der Waals surface area contributed by atoms with Crippen molar-refractivity contribution in [1.29, 1.82) is 0 Å². The van der Waals surface area contributed by atoms with Crippen LogP contribution in [0.4, 0.5) is 0 Å². The maximum absolute atomic E-state index is 12.5. The summed E-state index contributed by atoms with van der Waals surface area (Å²) in [5.41, 5.74) is 1.03. The average molecular weight is 341 g/mol. The Morgan fingerprint density at radius 2 is 2.00 bits per heavy atom. The molecule has 2 rings (SSSR count). The van der Waals surface area contributed by atoms with Crippen LogP contribution in [0.2, 0.25) is 0 Å². The molecule has 0 aromatic heterocycles. The Morgan fingerprint density at radius 1 is 1.35 bits per heavy atom. The molecule has 2 unspecified atom stereocenters. The minimum atomic E-state index is -3.49. The minimum absolute atomic E-state index is 0.0286. The summed E-state index contributed by atoms with van der Waals surface area (Å²) < 4.78 is 26.8. The van der Waals surface area contributed by atoms with Crippen molar-refractivity contribution in [2.45, 2.75) is 19.4 Å². The van der Waals surface area contributed by atoms with Gasteiger partial charge in [0.15, 0.2) is 0 Å². The van der Waals surface area contributed by atoms with Crippen molar-refractivity contribution in [3.63, 3.8) is 0 Å². The molecule has 6 nitrogen and oxygen atoms in total. The fourth-order valence-electron chi connectivity index (χ4n) is 3.02. The van der Waals surface area contributed by atoms with Gasteiger partial charge < -0.3 is 10.0 Å². The van der Waals surface area contributed by atoms with Crippen LogP contribution in [0.3, 0.4) is 0 Å². The van der Waals surface area contributed by atoms with Gasteiger partial charge in [-0.1, -0.05) is 30.3 Å². The van der Waals surface area contributed by atoms with Crippen molar-refractivity contribution < 1.29 is 22.5 Å². The molecule has 7 heteroatoms. The molecule has 1 aromatic rings. The molecule has 128 valence electrons. The van der Waals surface area contributed by atoms with Gasteiger partial charge in [0.25, 0.3) is 10.1 Å². The highest BCUT2D eigenvalue weighted by Gasteiger charge is 2.41. The van der Waals surface area contributed by atoms with Crippen molar-refractivity contribution in [3.05, 3.63) is 35.9 Å². The number of rotatable bonds is 7. The first kappa shape index (κ1) is 17.9. The smallest absolute Gasteiger partial charge is 0.264 e. The molecule has 0 aliphatic carbocycles. The predicted octanol–water partition coefficient (Wildman–Crippen LogP) is 1.18. The number of aliphatic hydroxyl groups excluding tert-OH is 1. The molecule has 0 radical (unpaired) electrons. The fourth-order valence-corrected chi connectivity index (χ4v) is 3.41. The number of amides is 1. The number of carbonyl (C=O) groups excluding carboxylic acids is 1. The van der Waals surface area contributed by atoms with E-state index in [0.717, 1.165) is 11.8 Å². The van der Waals surface area contributed by atoms with Gasteiger partial charge in [0, 0.05) is 6.54 Å². The van der Waals surface area contributed by atoms with Gasteiger partial charge in [0.2, 0.25) is 5.91 Å². The third-order valence-electron chi connectivity index (χ3n) is 4.33. The maximum atomic E-state index is 12.5. The normalized spacial score (nSPS) is 23.3. The Bertz CT molecular complexity index is 631. The van der Waals surface area contributed by atoms with E-state index in [9.17, 15) is 18.3 Å². The topological polar surface area (TPSA) is 83.9 Å². The molecule has 1 fully saturated rings. The van der Waals surface area contributed by atoms with Gasteiger partial charge in [0.1, 0.15) is 0 Å². The van der Waals surface area contributed by atoms with E-state index in [1.807, 2.05) is 37.3 Å². The lowest BCUT2D eigenvalue weighted by atomic mass is 9.94. The summed E-state index contributed by atoms with van der Waals surface area (Å²) in [4.78, 5) is 14.3. The van der Waals surface area contributed by atoms with Gasteiger partial charge in [-0.3, -0.25) is 8.98 Å². The molecule has 1 aromatic carbocycles. The van der Waals surface area contributed by atoms with E-state index < -0.39 is 16.0 Å². The Labute approximate surface area is 137 Å². The zero-order valence-corrected chi connectivity index (χ0v) is 14.2. The Hall–Kier alpha value is -1.44. The second kappa shape index (κ2) is 7.42. The third kappa shape index (κ3) is 4.53. The molecule has 23 heavy (non-hydrogen) atoms. The average Bonchev–Trinajstić information content (AvgIpc) is 2.82. The first-order valence-corrected chi connectivity index (χ1v) is 9.46. The van der Waals surface area contributed by atoms with Crippen LogP contribution in [-0.4, -0.2) is 50.3 Å². The lowest BCUT2D eigenvalue weighted by molar-refractivity contribution is -0.134. The van der Waals surface area contributed by atoms with Gasteiger partial charge in [-0.05, 0) is 24.8 Å². The first-order chi connectivity index (χ1) is 10.8. The van der Waals surface area contributed by atoms with Gasteiger partial charge >= 0.3 is 0 Å². The summed E-state index contributed by atoms with van der Waals surface area (Å²) in [6, 6.07) is 9.61. The molecule has 1 N–H and O–H groups in total. The van der Waals surface area contributed by atoms with Crippen LogP contribution < -0.4 is 0 Å². The van der Waals surface area contributed by atoms with E-state index in [1.54, 1.807) is 4.90 Å². The van der Waals surface area contributed by atoms with Crippen LogP contribution in [0.5, 0.6) is 0 Å². The number of hydrogen-bond donors (Lipinski definition) is 1. The molecule has 0 spiro atoms. The highest BCUT2D eigenvalue weighted by molar-refractivity contribution is 7.85. The van der Waals surface area contributed by atoms with Crippen molar-refractivity contribution in [3.8, 4) is 0 Å². The standard InChI is InChI=1S/C16H23NO5S/c1-12(13-6-4-3-5-7-13)17-10-14(15(11-18)16(17)19)8-9-22-23(2,20)21/h3-7,12,14-15,18H,8-11H2,1-2H3/t12?,14?,15-/m0/s1. The van der Waals surface area contributed by atoms with Gasteiger partial charge in [-0.25, -0.2) is 0 Å². The van der Waals surface area contributed by atoms with Crippen molar-refractivity contribution in [2.24, 2.45) is 11.8 Å². The van der Waals surface area contributed by atoms with Gasteiger partial charge in [-0.2, -0.15) is 8.42 Å². The Balaban J connectivity index is 2.05. The summed E-state index contributed by atoms with van der Waals surface area (Å²) in [6.45, 7) is 2.24. The third-order valence-corrected chi connectivity index (χ3v) is 4.93. The molecule has 1 saturated heterocycles. The number of nitrogens with zero attached hydrogens (tertiary/aromatic N) is 1. The Kier molecular flexibility index (Phi) is 5.78.